The normalized spacial score (nSPS) is 17.4. The maximum Gasteiger partial charge on any atom is 0.0701 e. The van der Waals surface area contributed by atoms with Gasteiger partial charge in [-0.3, -0.25) is 9.80 Å². The van der Waals surface area contributed by atoms with Crippen molar-refractivity contribution in [2.45, 2.75) is 19.9 Å². The van der Waals surface area contributed by atoms with E-state index in [2.05, 4.69) is 52.3 Å². The molecule has 0 spiro atoms. The Hall–Kier alpha value is 0.810. The van der Waals surface area contributed by atoms with Gasteiger partial charge < -0.3 is 19.5 Å². The molecule has 0 aromatic rings. The molecule has 1 saturated heterocycles. The van der Waals surface area contributed by atoms with E-state index in [1.54, 1.807) is 0 Å². The lowest BCUT2D eigenvalue weighted by Crippen LogP contribution is -2.49. The predicted molar refractivity (Wildman–Crippen MR) is 115 cm³/mol. The molecule has 0 aliphatic carbocycles. The third-order valence-corrected chi connectivity index (χ3v) is 5.46. The first kappa shape index (κ1) is 23.8. The van der Waals surface area contributed by atoms with Crippen LogP contribution in [-0.4, -0.2) is 101 Å². The monoisotopic (exact) mass is 415 g/mol. The van der Waals surface area contributed by atoms with E-state index in [1.807, 2.05) is 0 Å². The molecule has 0 unspecified atom stereocenters. The van der Waals surface area contributed by atoms with Crippen LogP contribution in [0, 0.1) is 0 Å². The Kier molecular flexibility index (Phi) is 15.1. The van der Waals surface area contributed by atoms with Crippen molar-refractivity contribution in [1.82, 2.24) is 15.1 Å². The van der Waals surface area contributed by atoms with Crippen molar-refractivity contribution in [3.05, 3.63) is 0 Å². The van der Waals surface area contributed by atoms with Crippen LogP contribution in [0.4, 0.5) is 0 Å². The summed E-state index contributed by atoms with van der Waals surface area (Å²) >= 11 is 8.47. The number of nitrogens with one attached hydrogen (secondary N) is 1. The van der Waals surface area contributed by atoms with Gasteiger partial charge in [0.15, 0.2) is 0 Å². The predicted octanol–water partition coefficient (Wildman–Crippen LogP) is 1.30. The average Bonchev–Trinajstić information content (AvgIpc) is 2.59. The quantitative estimate of drug-likeness (QED) is 0.184. The van der Waals surface area contributed by atoms with E-state index in [0.717, 1.165) is 38.7 Å². The highest BCUT2D eigenvalue weighted by atomic mass is 33.5. The van der Waals surface area contributed by atoms with Gasteiger partial charge in [0.25, 0.3) is 0 Å². The van der Waals surface area contributed by atoms with Crippen LogP contribution in [0.2, 0.25) is 0 Å². The van der Waals surface area contributed by atoms with Crippen LogP contribution in [0.5, 0.6) is 0 Å². The van der Waals surface area contributed by atoms with Gasteiger partial charge in [0.05, 0.1) is 39.6 Å². The summed E-state index contributed by atoms with van der Waals surface area (Å²) in [5, 5.41) is 3.23. The van der Waals surface area contributed by atoms with Crippen molar-refractivity contribution in [2.24, 2.45) is 0 Å². The van der Waals surface area contributed by atoms with Crippen molar-refractivity contribution in [1.29, 1.82) is 0 Å². The summed E-state index contributed by atoms with van der Waals surface area (Å²) in [5.41, 5.74) is 0. The van der Waals surface area contributed by atoms with E-state index in [-0.39, 0.29) is 0 Å². The summed E-state index contributed by atoms with van der Waals surface area (Å²) in [6.07, 6.45) is 0. The molecule has 9 heteroatoms. The molecule has 152 valence electrons. The van der Waals surface area contributed by atoms with Gasteiger partial charge in [-0.05, 0) is 13.8 Å². The summed E-state index contributed by atoms with van der Waals surface area (Å²) in [6, 6.07) is 0.657. The average molecular weight is 416 g/mol. The SMILES string of the molecule is CC(C)N1CCN(CCOCCOCCOCCNC[SH](S)S)CC1. The lowest BCUT2D eigenvalue weighted by Gasteiger charge is -2.36. The number of nitrogens with zero attached hydrogens (tertiary/aromatic N) is 2. The van der Waals surface area contributed by atoms with Gasteiger partial charge in [-0.1, -0.05) is 0 Å². The maximum absolute atomic E-state index is 5.65. The zero-order valence-electron chi connectivity index (χ0n) is 15.7. The largest absolute Gasteiger partial charge is 0.378 e. The number of ether oxygens (including phenoxy) is 3. The second-order valence-electron chi connectivity index (χ2n) is 6.34. The summed E-state index contributed by atoms with van der Waals surface area (Å²) in [4.78, 5) is 5.01. The van der Waals surface area contributed by atoms with Gasteiger partial charge in [0.2, 0.25) is 0 Å². The Morgan fingerprint density at radius 1 is 0.880 bits per heavy atom. The summed E-state index contributed by atoms with van der Waals surface area (Å²) < 4.78 is 16.6. The molecule has 1 rings (SSSR count). The van der Waals surface area contributed by atoms with Crippen LogP contribution < -0.4 is 5.32 Å². The molecular formula is C16H37N3O3S3. The molecule has 1 N–H and O–H groups in total. The minimum Gasteiger partial charge on any atom is -0.378 e. The molecule has 1 aliphatic rings. The van der Waals surface area contributed by atoms with E-state index in [1.165, 1.54) is 13.1 Å². The molecule has 0 saturated carbocycles. The molecule has 6 nitrogen and oxygen atoms in total. The van der Waals surface area contributed by atoms with Crippen molar-refractivity contribution in [3.63, 3.8) is 0 Å². The standard InChI is InChI=1S/C16H37N3O3S3/c1-16(2)19-6-4-18(5-7-19)8-10-21-12-14-22-13-11-20-9-3-17-15-25(23)24/h16-17,23-25H,3-15H2,1-2H3. The van der Waals surface area contributed by atoms with Crippen LogP contribution in [0.3, 0.4) is 0 Å². The van der Waals surface area contributed by atoms with E-state index in [0.29, 0.717) is 39.1 Å². The molecular weight excluding hydrogens is 378 g/mol. The fraction of sp³-hybridized carbons (Fsp3) is 1.00. The fourth-order valence-corrected chi connectivity index (χ4v) is 3.52. The number of rotatable bonds is 15. The molecule has 1 heterocycles. The maximum atomic E-state index is 5.65. The van der Waals surface area contributed by atoms with Gasteiger partial charge in [-0.15, -0.1) is 32.3 Å². The molecule has 1 aliphatic heterocycles. The van der Waals surface area contributed by atoms with E-state index in [4.69, 9.17) is 14.2 Å². The zero-order valence-corrected chi connectivity index (χ0v) is 18.4. The Morgan fingerprint density at radius 2 is 1.44 bits per heavy atom. The third-order valence-electron chi connectivity index (χ3n) is 4.11. The topological polar surface area (TPSA) is 46.2 Å². The lowest BCUT2D eigenvalue weighted by atomic mass is 10.2. The highest BCUT2D eigenvalue weighted by molar-refractivity contribution is 9.09. The Labute approximate surface area is 166 Å². The summed E-state index contributed by atoms with van der Waals surface area (Å²) in [6.45, 7) is 15.0. The summed E-state index contributed by atoms with van der Waals surface area (Å²) in [5.74, 6) is 0.839. The van der Waals surface area contributed by atoms with E-state index < -0.39 is 8.96 Å². The van der Waals surface area contributed by atoms with Crippen molar-refractivity contribution < 1.29 is 14.2 Å². The molecule has 0 amide bonds. The highest BCUT2D eigenvalue weighted by Gasteiger charge is 2.17. The third kappa shape index (κ3) is 13.6. The van der Waals surface area contributed by atoms with Crippen LogP contribution in [-0.2, 0) is 14.2 Å². The zero-order chi connectivity index (χ0) is 18.3. The number of piperazine rings is 1. The van der Waals surface area contributed by atoms with Crippen LogP contribution >= 0.6 is 32.3 Å². The first-order valence-corrected chi connectivity index (χ1v) is 13.0. The summed E-state index contributed by atoms with van der Waals surface area (Å²) in [7, 11) is -0.469. The molecule has 0 radical (unpaired) electrons. The van der Waals surface area contributed by atoms with Crippen LogP contribution in [0.1, 0.15) is 13.8 Å². The van der Waals surface area contributed by atoms with Crippen molar-refractivity contribution >= 4 is 32.3 Å². The minimum absolute atomic E-state index is 0.469. The lowest BCUT2D eigenvalue weighted by molar-refractivity contribution is 0.00770. The van der Waals surface area contributed by atoms with E-state index in [9.17, 15) is 0 Å². The van der Waals surface area contributed by atoms with E-state index >= 15 is 0 Å². The minimum atomic E-state index is -0.469. The smallest absolute Gasteiger partial charge is 0.0701 e. The second-order valence-corrected chi connectivity index (χ2v) is 11.2. The second kappa shape index (κ2) is 15.8. The molecule has 1 fully saturated rings. The molecule has 0 aromatic carbocycles. The number of thiol groups is 3. The molecule has 0 atom stereocenters. The van der Waals surface area contributed by atoms with Gasteiger partial charge in [0, 0.05) is 51.2 Å². The van der Waals surface area contributed by atoms with Crippen molar-refractivity contribution in [3.8, 4) is 0 Å². The highest BCUT2D eigenvalue weighted by Crippen LogP contribution is 2.32. The first-order valence-electron chi connectivity index (χ1n) is 9.15. The van der Waals surface area contributed by atoms with Gasteiger partial charge in [-0.2, -0.15) is 0 Å². The molecule has 0 aromatic heterocycles. The fourth-order valence-electron chi connectivity index (χ4n) is 2.56. The van der Waals surface area contributed by atoms with Crippen molar-refractivity contribution in [2.75, 3.05) is 84.8 Å². The van der Waals surface area contributed by atoms with Gasteiger partial charge in [0.1, 0.15) is 0 Å². The van der Waals surface area contributed by atoms with Crippen LogP contribution in [0.15, 0.2) is 0 Å². The molecule has 25 heavy (non-hydrogen) atoms. The van der Waals surface area contributed by atoms with Gasteiger partial charge in [-0.25, -0.2) is 0 Å². The Bertz CT molecular complexity index is 308. The Balaban J connectivity index is 1.76. The number of hydrogen-bond acceptors (Lipinski definition) is 8. The number of hydrogen-bond donors (Lipinski definition) is 4. The Morgan fingerprint density at radius 3 is 2.00 bits per heavy atom. The molecule has 0 bridgehead atoms. The van der Waals surface area contributed by atoms with Crippen LogP contribution in [0.25, 0.3) is 0 Å². The van der Waals surface area contributed by atoms with Gasteiger partial charge >= 0.3 is 0 Å². The first-order chi connectivity index (χ1) is 12.1.